The Labute approximate surface area is 205 Å². The largest absolute Gasteiger partial charge is 0.377 e. The van der Waals surface area contributed by atoms with Crippen molar-refractivity contribution in [2.45, 2.75) is 101 Å². The molecule has 6 aliphatic rings. The van der Waals surface area contributed by atoms with Gasteiger partial charge in [-0.1, -0.05) is 0 Å². The standard InChI is InChI=1S/C26H36F2N4O3/c1-5-6-11-24(30-31-24)12-10-20(33)32(15-23(2,3)35-4)21(22(34)29-17-8-7-9-17)25-18-13-16(14-19(18)25)26(25,27)28/h1,16-19,21H,6-15H2,2-4H3,(H,29,34). The van der Waals surface area contributed by atoms with E-state index in [2.05, 4.69) is 21.5 Å². The molecule has 0 aromatic rings. The molecule has 2 amide bonds. The van der Waals surface area contributed by atoms with Crippen LogP contribution in [-0.2, 0) is 14.3 Å². The third-order valence-corrected chi connectivity index (χ3v) is 9.45. The Bertz CT molecular complexity index is 952. The van der Waals surface area contributed by atoms with Gasteiger partial charge in [-0.25, -0.2) is 8.78 Å². The number of rotatable bonds is 12. The maximum atomic E-state index is 15.8. The van der Waals surface area contributed by atoms with Crippen LogP contribution in [-0.4, -0.2) is 59.6 Å². The lowest BCUT2D eigenvalue weighted by Crippen LogP contribution is -2.62. The second kappa shape index (κ2) is 8.22. The van der Waals surface area contributed by atoms with E-state index in [1.807, 2.05) is 13.8 Å². The highest BCUT2D eigenvalue weighted by molar-refractivity contribution is 5.90. The third kappa shape index (κ3) is 3.78. The molecule has 5 saturated carbocycles. The molecular weight excluding hydrogens is 454 g/mol. The van der Waals surface area contributed by atoms with E-state index in [4.69, 9.17) is 11.2 Å². The first-order valence-electron chi connectivity index (χ1n) is 12.9. The van der Waals surface area contributed by atoms with Crippen LogP contribution in [0.15, 0.2) is 10.2 Å². The predicted octanol–water partition coefficient (Wildman–Crippen LogP) is 3.92. The summed E-state index contributed by atoms with van der Waals surface area (Å²) in [5.74, 6) is -2.28. The van der Waals surface area contributed by atoms with Gasteiger partial charge in [0.15, 0.2) is 5.66 Å². The number of nitrogens with one attached hydrogen (secondary N) is 1. The first-order valence-corrected chi connectivity index (χ1v) is 12.9. The molecule has 1 N–H and O–H groups in total. The second-order valence-electron chi connectivity index (χ2n) is 11.8. The predicted molar refractivity (Wildman–Crippen MR) is 124 cm³/mol. The van der Waals surface area contributed by atoms with E-state index in [9.17, 15) is 9.59 Å². The number of nitrogens with zero attached hydrogens (tertiary/aromatic N) is 3. The van der Waals surface area contributed by atoms with E-state index >= 15 is 8.78 Å². The quantitative estimate of drug-likeness (QED) is 0.421. The van der Waals surface area contributed by atoms with Crippen molar-refractivity contribution in [2.24, 2.45) is 33.4 Å². The summed E-state index contributed by atoms with van der Waals surface area (Å²) in [6, 6.07) is -1.22. The van der Waals surface area contributed by atoms with Crippen LogP contribution in [0.4, 0.5) is 8.78 Å². The normalized spacial score (nSPS) is 33.5. The summed E-state index contributed by atoms with van der Waals surface area (Å²) < 4.78 is 37.2. The SMILES string of the molecule is C#CCCC1(CCC(=O)N(CC(C)(C)OC)C(C(=O)NC2CCC2)C23C4CC(CC42)C3(F)F)N=N1. The summed E-state index contributed by atoms with van der Waals surface area (Å²) >= 11 is 0. The van der Waals surface area contributed by atoms with Crippen LogP contribution in [0.1, 0.15) is 71.6 Å². The molecule has 3 atom stereocenters. The first-order chi connectivity index (χ1) is 16.5. The summed E-state index contributed by atoms with van der Waals surface area (Å²) in [6.07, 6.45) is 10.4. The molecule has 1 heterocycles. The van der Waals surface area contributed by atoms with Crippen molar-refractivity contribution in [3.05, 3.63) is 0 Å². The number of amides is 2. The molecule has 3 unspecified atom stereocenters. The van der Waals surface area contributed by atoms with Gasteiger partial charge in [0.05, 0.1) is 11.0 Å². The Morgan fingerprint density at radius 3 is 2.34 bits per heavy atom. The smallest absolute Gasteiger partial charge is 0.259 e. The molecule has 192 valence electrons. The maximum absolute atomic E-state index is 15.8. The van der Waals surface area contributed by atoms with Gasteiger partial charge >= 0.3 is 0 Å². The fourth-order valence-corrected chi connectivity index (χ4v) is 7.09. The summed E-state index contributed by atoms with van der Waals surface area (Å²) in [5.41, 5.74) is -2.94. The Morgan fingerprint density at radius 2 is 1.89 bits per heavy atom. The fraction of sp³-hybridized carbons (Fsp3) is 0.846. The van der Waals surface area contributed by atoms with Gasteiger partial charge in [0.1, 0.15) is 6.04 Å². The zero-order valence-corrected chi connectivity index (χ0v) is 20.9. The van der Waals surface area contributed by atoms with Crippen molar-refractivity contribution in [3.8, 4) is 12.3 Å². The average molecular weight is 491 g/mol. The topological polar surface area (TPSA) is 83.4 Å². The van der Waals surface area contributed by atoms with Crippen LogP contribution in [0.5, 0.6) is 0 Å². The number of hydrogen-bond acceptors (Lipinski definition) is 5. The van der Waals surface area contributed by atoms with E-state index in [-0.39, 0.29) is 36.8 Å². The molecular formula is C26H36F2N4O3. The van der Waals surface area contributed by atoms with Gasteiger partial charge in [-0.15, -0.1) is 12.3 Å². The van der Waals surface area contributed by atoms with Gasteiger partial charge in [0.2, 0.25) is 11.8 Å². The number of halogens is 2. The first kappa shape index (κ1) is 24.6. The molecule has 35 heavy (non-hydrogen) atoms. The second-order valence-corrected chi connectivity index (χ2v) is 11.8. The molecule has 0 aromatic carbocycles. The fourth-order valence-electron chi connectivity index (χ4n) is 7.09. The lowest BCUT2D eigenvalue weighted by atomic mass is 9.85. The van der Waals surface area contributed by atoms with E-state index in [1.54, 1.807) is 0 Å². The summed E-state index contributed by atoms with van der Waals surface area (Å²) in [7, 11) is 1.53. The van der Waals surface area contributed by atoms with E-state index < -0.39 is 40.5 Å². The van der Waals surface area contributed by atoms with Crippen LogP contribution in [0.2, 0.25) is 0 Å². The molecule has 4 bridgehead atoms. The maximum Gasteiger partial charge on any atom is 0.259 e. The Morgan fingerprint density at radius 1 is 1.23 bits per heavy atom. The van der Waals surface area contributed by atoms with Crippen LogP contribution in [0, 0.1) is 35.5 Å². The van der Waals surface area contributed by atoms with Crippen molar-refractivity contribution >= 4 is 11.8 Å². The summed E-state index contributed by atoms with van der Waals surface area (Å²) in [6.45, 7) is 3.67. The van der Waals surface area contributed by atoms with Gasteiger partial charge in [-0.05, 0) is 57.8 Å². The van der Waals surface area contributed by atoms with Crippen molar-refractivity contribution in [2.75, 3.05) is 13.7 Å². The Balaban J connectivity index is 1.44. The van der Waals surface area contributed by atoms with Crippen LogP contribution >= 0.6 is 0 Å². The van der Waals surface area contributed by atoms with Crippen molar-refractivity contribution in [3.63, 3.8) is 0 Å². The molecule has 7 nitrogen and oxygen atoms in total. The molecule has 0 saturated heterocycles. The molecule has 5 aliphatic carbocycles. The number of hydrogen-bond donors (Lipinski definition) is 1. The summed E-state index contributed by atoms with van der Waals surface area (Å²) in [5, 5.41) is 11.2. The molecule has 1 aliphatic heterocycles. The molecule has 5 fully saturated rings. The third-order valence-electron chi connectivity index (χ3n) is 9.45. The number of terminal acetylenes is 1. The van der Waals surface area contributed by atoms with Gasteiger partial charge in [-0.2, -0.15) is 10.2 Å². The highest BCUT2D eigenvalue weighted by atomic mass is 19.3. The number of carbonyl (C=O) groups excluding carboxylic acids is 2. The molecule has 0 aromatic heterocycles. The monoisotopic (exact) mass is 490 g/mol. The zero-order valence-electron chi connectivity index (χ0n) is 20.9. The highest BCUT2D eigenvalue weighted by Gasteiger charge is 2.91. The van der Waals surface area contributed by atoms with E-state index in [0.717, 1.165) is 19.3 Å². The average Bonchev–Trinajstić information content (AvgIpc) is 3.58. The lowest BCUT2D eigenvalue weighted by molar-refractivity contribution is -0.161. The van der Waals surface area contributed by atoms with Crippen molar-refractivity contribution < 1.29 is 23.1 Å². The van der Waals surface area contributed by atoms with Crippen molar-refractivity contribution in [1.29, 1.82) is 0 Å². The Kier molecular flexibility index (Phi) is 5.78. The molecule has 6 rings (SSSR count). The van der Waals surface area contributed by atoms with Gasteiger partial charge in [0.25, 0.3) is 5.92 Å². The minimum atomic E-state index is -2.96. The minimum Gasteiger partial charge on any atom is -0.377 e. The van der Waals surface area contributed by atoms with Crippen LogP contribution in [0.25, 0.3) is 0 Å². The van der Waals surface area contributed by atoms with Gasteiger partial charge in [-0.3, -0.25) is 9.59 Å². The van der Waals surface area contributed by atoms with Crippen molar-refractivity contribution in [1.82, 2.24) is 10.2 Å². The van der Waals surface area contributed by atoms with Crippen LogP contribution in [0.3, 0.4) is 0 Å². The summed E-state index contributed by atoms with van der Waals surface area (Å²) in [4.78, 5) is 28.9. The number of carbonyl (C=O) groups is 2. The Hall–Kier alpha value is -2.08. The number of alkyl halides is 2. The van der Waals surface area contributed by atoms with Gasteiger partial charge < -0.3 is 15.0 Å². The molecule has 0 radical (unpaired) electrons. The minimum absolute atomic E-state index is 0.00731. The molecule has 0 spiro atoms. The zero-order chi connectivity index (χ0) is 25.2. The molecule has 9 heteroatoms. The van der Waals surface area contributed by atoms with Gasteiger partial charge in [0, 0.05) is 51.3 Å². The number of methoxy groups -OCH3 is 1. The lowest BCUT2D eigenvalue weighted by Gasteiger charge is -2.43. The van der Waals surface area contributed by atoms with Crippen LogP contribution < -0.4 is 5.32 Å². The number of ether oxygens (including phenoxy) is 1. The highest BCUT2D eigenvalue weighted by Crippen LogP contribution is 2.86. The van der Waals surface area contributed by atoms with E-state index in [0.29, 0.717) is 32.1 Å². The van der Waals surface area contributed by atoms with E-state index in [1.165, 1.54) is 12.0 Å².